The molecule has 0 atom stereocenters. The van der Waals surface area contributed by atoms with Gasteiger partial charge in [-0.15, -0.1) is 0 Å². The van der Waals surface area contributed by atoms with Crippen LogP contribution in [0.25, 0.3) is 0 Å². The Labute approximate surface area is 65.1 Å². The number of rotatable bonds is 2. The van der Waals surface area contributed by atoms with Crippen molar-refractivity contribution < 1.29 is 5.21 Å². The number of oxime groups is 1. The summed E-state index contributed by atoms with van der Waals surface area (Å²) in [5.41, 5.74) is 7.11. The summed E-state index contributed by atoms with van der Waals surface area (Å²) in [7, 11) is 0. The molecule has 0 amide bonds. The third kappa shape index (κ3) is 2.05. The number of benzene rings is 1. The summed E-state index contributed by atoms with van der Waals surface area (Å²) < 4.78 is 0. The molecular weight excluding hydrogens is 140 g/mol. The maximum atomic E-state index is 8.18. The van der Waals surface area contributed by atoms with Crippen LogP contribution in [0.2, 0.25) is 0 Å². The highest BCUT2D eigenvalue weighted by Crippen LogP contribution is 1.99. The van der Waals surface area contributed by atoms with Gasteiger partial charge in [-0.25, -0.2) is 0 Å². The fourth-order valence-corrected chi connectivity index (χ4v) is 0.743. The van der Waals surface area contributed by atoms with Crippen molar-refractivity contribution in [2.24, 2.45) is 10.9 Å². The quantitative estimate of drug-likeness (QED) is 0.370. The normalized spacial score (nSPS) is 10.6. The zero-order chi connectivity index (χ0) is 8.10. The van der Waals surface area contributed by atoms with E-state index in [4.69, 9.17) is 10.9 Å². The number of hydrogen-bond acceptors (Lipinski definition) is 3. The fourth-order valence-electron chi connectivity index (χ4n) is 0.743. The van der Waals surface area contributed by atoms with Crippen molar-refractivity contribution in [2.45, 2.75) is 6.54 Å². The molecule has 0 saturated carbocycles. The molecule has 3 nitrogen and oxygen atoms in total. The molecule has 0 saturated heterocycles. The zero-order valence-corrected chi connectivity index (χ0v) is 5.99. The third-order valence-electron chi connectivity index (χ3n) is 1.33. The summed E-state index contributed by atoms with van der Waals surface area (Å²) >= 11 is 0. The Balaban J connectivity index is 2.82. The summed E-state index contributed by atoms with van der Waals surface area (Å²) in [4.78, 5) is 0. The van der Waals surface area contributed by atoms with Gasteiger partial charge in [0, 0.05) is 6.54 Å². The van der Waals surface area contributed by atoms with Gasteiger partial charge in [0.15, 0.2) is 0 Å². The summed E-state index contributed by atoms with van der Waals surface area (Å²) in [5.74, 6) is 0. The van der Waals surface area contributed by atoms with Crippen LogP contribution >= 0.6 is 0 Å². The van der Waals surface area contributed by atoms with E-state index in [2.05, 4.69) is 11.2 Å². The van der Waals surface area contributed by atoms with Crippen molar-refractivity contribution in [3.8, 4) is 0 Å². The van der Waals surface area contributed by atoms with Gasteiger partial charge in [-0.3, -0.25) is 0 Å². The van der Waals surface area contributed by atoms with Gasteiger partial charge in [0.05, 0.1) is 6.21 Å². The standard InChI is InChI=1S/C8H9N2O/c9-5-7-1-3-8(4-2-7)6-10-11/h1,3-4,6,11H,5,9H2. The maximum Gasteiger partial charge on any atom is 0.0734 e. The lowest BCUT2D eigenvalue weighted by Crippen LogP contribution is -1.96. The van der Waals surface area contributed by atoms with Gasteiger partial charge >= 0.3 is 0 Å². The third-order valence-corrected chi connectivity index (χ3v) is 1.33. The zero-order valence-electron chi connectivity index (χ0n) is 5.99. The average molecular weight is 149 g/mol. The Hall–Kier alpha value is -1.35. The molecule has 1 aromatic carbocycles. The first-order valence-corrected chi connectivity index (χ1v) is 3.25. The lowest BCUT2D eigenvalue weighted by atomic mass is 10.1. The molecule has 0 unspecified atom stereocenters. The number of nitrogens with zero attached hydrogens (tertiary/aromatic N) is 1. The summed E-state index contributed by atoms with van der Waals surface area (Å²) in [5, 5.41) is 11.1. The molecule has 0 bridgehead atoms. The number of hydrogen-bond donors (Lipinski definition) is 2. The average Bonchev–Trinajstić information content (AvgIpc) is 2.07. The summed E-state index contributed by atoms with van der Waals surface area (Å²) in [6, 6.07) is 8.33. The molecule has 0 aromatic heterocycles. The molecule has 3 heteroatoms. The van der Waals surface area contributed by atoms with Gasteiger partial charge < -0.3 is 10.9 Å². The Morgan fingerprint density at radius 3 is 2.91 bits per heavy atom. The topological polar surface area (TPSA) is 58.6 Å². The second-order valence-electron chi connectivity index (χ2n) is 2.10. The highest BCUT2D eigenvalue weighted by Gasteiger charge is 1.89. The first-order chi connectivity index (χ1) is 5.36. The van der Waals surface area contributed by atoms with Crippen molar-refractivity contribution in [2.75, 3.05) is 0 Å². The second-order valence-corrected chi connectivity index (χ2v) is 2.10. The molecule has 0 aliphatic carbocycles. The largest absolute Gasteiger partial charge is 0.411 e. The second kappa shape index (κ2) is 3.73. The van der Waals surface area contributed by atoms with Crippen LogP contribution in [0.3, 0.4) is 0 Å². The van der Waals surface area contributed by atoms with Crippen LogP contribution in [0.4, 0.5) is 0 Å². The Kier molecular flexibility index (Phi) is 2.63. The van der Waals surface area contributed by atoms with Crippen molar-refractivity contribution in [3.63, 3.8) is 0 Å². The van der Waals surface area contributed by atoms with Crippen LogP contribution in [-0.2, 0) is 6.54 Å². The summed E-state index contributed by atoms with van der Waals surface area (Å²) in [6.07, 6.45) is 1.34. The van der Waals surface area contributed by atoms with E-state index in [-0.39, 0.29) is 0 Å². The van der Waals surface area contributed by atoms with E-state index < -0.39 is 0 Å². The smallest absolute Gasteiger partial charge is 0.0734 e. The number of nitrogens with two attached hydrogens (primary N) is 1. The van der Waals surface area contributed by atoms with E-state index >= 15 is 0 Å². The molecule has 0 aliphatic heterocycles. The minimum absolute atomic E-state index is 0.483. The predicted molar refractivity (Wildman–Crippen MR) is 42.5 cm³/mol. The molecule has 0 aliphatic rings. The van der Waals surface area contributed by atoms with Gasteiger partial charge in [-0.2, -0.15) is 0 Å². The van der Waals surface area contributed by atoms with E-state index in [1.807, 2.05) is 12.1 Å². The molecule has 57 valence electrons. The first-order valence-electron chi connectivity index (χ1n) is 3.25. The molecule has 1 radical (unpaired) electrons. The van der Waals surface area contributed by atoms with Crippen molar-refractivity contribution in [3.05, 3.63) is 35.4 Å². The summed E-state index contributed by atoms with van der Waals surface area (Å²) in [6.45, 7) is 0.483. The molecule has 3 N–H and O–H groups in total. The van der Waals surface area contributed by atoms with E-state index in [0.29, 0.717) is 6.54 Å². The van der Waals surface area contributed by atoms with Gasteiger partial charge in [-0.1, -0.05) is 17.3 Å². The van der Waals surface area contributed by atoms with Gasteiger partial charge in [0.2, 0.25) is 0 Å². The minimum Gasteiger partial charge on any atom is -0.411 e. The van der Waals surface area contributed by atoms with Crippen LogP contribution in [-0.4, -0.2) is 11.4 Å². The van der Waals surface area contributed by atoms with Crippen LogP contribution < -0.4 is 5.73 Å². The fraction of sp³-hybridized carbons (Fsp3) is 0.125. The van der Waals surface area contributed by atoms with Gasteiger partial charge in [0.25, 0.3) is 0 Å². The first kappa shape index (κ1) is 7.75. The van der Waals surface area contributed by atoms with E-state index in [1.54, 1.807) is 6.07 Å². The minimum atomic E-state index is 0.483. The molecular formula is C8H9N2O. The van der Waals surface area contributed by atoms with E-state index in [1.165, 1.54) is 6.21 Å². The van der Waals surface area contributed by atoms with Gasteiger partial charge in [-0.05, 0) is 23.3 Å². The van der Waals surface area contributed by atoms with Crippen molar-refractivity contribution in [1.82, 2.24) is 0 Å². The molecule has 11 heavy (non-hydrogen) atoms. The van der Waals surface area contributed by atoms with Crippen LogP contribution in [0, 0.1) is 6.07 Å². The highest BCUT2D eigenvalue weighted by atomic mass is 16.4. The monoisotopic (exact) mass is 149 g/mol. The Morgan fingerprint density at radius 2 is 2.45 bits per heavy atom. The predicted octanol–water partition coefficient (Wildman–Crippen LogP) is 0.754. The maximum absolute atomic E-state index is 8.18. The van der Waals surface area contributed by atoms with Crippen molar-refractivity contribution >= 4 is 6.21 Å². The van der Waals surface area contributed by atoms with Gasteiger partial charge in [0.1, 0.15) is 0 Å². The van der Waals surface area contributed by atoms with Crippen LogP contribution in [0.5, 0.6) is 0 Å². The Bertz CT molecular complexity index is 241. The lowest BCUT2D eigenvalue weighted by Gasteiger charge is -1.94. The van der Waals surface area contributed by atoms with Crippen LogP contribution in [0.15, 0.2) is 23.4 Å². The highest BCUT2D eigenvalue weighted by molar-refractivity contribution is 5.78. The van der Waals surface area contributed by atoms with Crippen molar-refractivity contribution in [1.29, 1.82) is 0 Å². The van der Waals surface area contributed by atoms with E-state index in [9.17, 15) is 0 Å². The molecule has 1 aromatic rings. The lowest BCUT2D eigenvalue weighted by molar-refractivity contribution is 0.322. The molecule has 0 fully saturated rings. The van der Waals surface area contributed by atoms with E-state index in [0.717, 1.165) is 11.1 Å². The molecule has 0 heterocycles. The van der Waals surface area contributed by atoms with Crippen LogP contribution in [0.1, 0.15) is 11.1 Å². The Morgan fingerprint density at radius 1 is 1.64 bits per heavy atom. The molecule has 1 rings (SSSR count). The SMILES string of the molecule is NCc1[c]cc(C=NO)cc1. The molecule has 0 spiro atoms.